The lowest BCUT2D eigenvalue weighted by atomic mass is 10.2. The van der Waals surface area contributed by atoms with Crippen molar-refractivity contribution in [2.75, 3.05) is 6.54 Å². The standard InChI is InChI=1S/C10H15N3O3S/c1-2-3-4-5-11-7(14)6-8(15)12-10(17)13-9(6)16/h2-5H2,1H3,(H,11,14)(H3,12,13,15,16,17). The summed E-state index contributed by atoms with van der Waals surface area (Å²) in [6.07, 6.45) is 2.88. The Bertz CT molecular complexity index is 506. The molecule has 0 aliphatic carbocycles. The molecule has 1 heterocycles. The van der Waals surface area contributed by atoms with Crippen LogP contribution in [0.25, 0.3) is 0 Å². The predicted octanol–water partition coefficient (Wildman–Crippen LogP) is 1.06. The molecule has 17 heavy (non-hydrogen) atoms. The number of aromatic nitrogens is 2. The fourth-order valence-electron chi connectivity index (χ4n) is 1.35. The number of aromatic amines is 2. The van der Waals surface area contributed by atoms with E-state index in [1.165, 1.54) is 0 Å². The minimum atomic E-state index is -0.695. The molecule has 6 nitrogen and oxygen atoms in total. The number of aromatic hydroxyl groups is 1. The summed E-state index contributed by atoms with van der Waals surface area (Å²) in [5, 5.41) is 12.0. The summed E-state index contributed by atoms with van der Waals surface area (Å²) >= 11 is 4.65. The van der Waals surface area contributed by atoms with E-state index in [0.29, 0.717) is 6.54 Å². The van der Waals surface area contributed by atoms with E-state index in [-0.39, 0.29) is 10.3 Å². The molecule has 0 aliphatic rings. The molecule has 1 amide bonds. The lowest BCUT2D eigenvalue weighted by molar-refractivity contribution is 0.0948. The van der Waals surface area contributed by atoms with Gasteiger partial charge in [-0.15, -0.1) is 0 Å². The van der Waals surface area contributed by atoms with Crippen LogP contribution in [0.5, 0.6) is 5.88 Å². The van der Waals surface area contributed by atoms with Crippen LogP contribution in [0.1, 0.15) is 36.5 Å². The fourth-order valence-corrected chi connectivity index (χ4v) is 1.54. The Kier molecular flexibility index (Phi) is 4.89. The SMILES string of the molecule is CCCCCNC(=O)c1c(O)[nH]c(=S)[nH]c1=O. The van der Waals surface area contributed by atoms with Crippen LogP contribution in [0.2, 0.25) is 0 Å². The monoisotopic (exact) mass is 257 g/mol. The van der Waals surface area contributed by atoms with Crippen molar-refractivity contribution in [1.29, 1.82) is 0 Å². The first-order valence-electron chi connectivity index (χ1n) is 5.40. The first kappa shape index (κ1) is 13.4. The largest absolute Gasteiger partial charge is 0.494 e. The number of hydrogen-bond acceptors (Lipinski definition) is 4. The van der Waals surface area contributed by atoms with Crippen LogP contribution in [0, 0.1) is 4.77 Å². The van der Waals surface area contributed by atoms with E-state index in [1.54, 1.807) is 0 Å². The van der Waals surface area contributed by atoms with Crippen LogP contribution in [0.15, 0.2) is 4.79 Å². The quantitative estimate of drug-likeness (QED) is 0.468. The number of H-pyrrole nitrogens is 2. The summed E-state index contributed by atoms with van der Waals surface area (Å²) in [7, 11) is 0. The second kappa shape index (κ2) is 6.19. The molecule has 0 spiro atoms. The molecule has 0 radical (unpaired) electrons. The van der Waals surface area contributed by atoms with E-state index >= 15 is 0 Å². The molecule has 1 rings (SSSR count). The molecule has 0 fully saturated rings. The Balaban J connectivity index is 2.76. The van der Waals surface area contributed by atoms with Crippen LogP contribution in [0.4, 0.5) is 0 Å². The van der Waals surface area contributed by atoms with Crippen LogP contribution in [0.3, 0.4) is 0 Å². The molecular formula is C10H15N3O3S. The van der Waals surface area contributed by atoms with Gasteiger partial charge in [0.1, 0.15) is 0 Å². The number of unbranched alkanes of at least 4 members (excludes halogenated alkanes) is 2. The third-order valence-electron chi connectivity index (χ3n) is 2.22. The predicted molar refractivity (Wildman–Crippen MR) is 65.8 cm³/mol. The summed E-state index contributed by atoms with van der Waals surface area (Å²) in [6, 6.07) is 0. The molecular weight excluding hydrogens is 242 g/mol. The zero-order valence-electron chi connectivity index (χ0n) is 9.50. The van der Waals surface area contributed by atoms with Crippen molar-refractivity contribution in [2.24, 2.45) is 0 Å². The molecule has 0 saturated carbocycles. The van der Waals surface area contributed by atoms with E-state index in [1.807, 2.05) is 0 Å². The topological polar surface area (TPSA) is 98.0 Å². The van der Waals surface area contributed by atoms with Gasteiger partial charge in [0, 0.05) is 6.54 Å². The minimum Gasteiger partial charge on any atom is -0.494 e. The highest BCUT2D eigenvalue weighted by molar-refractivity contribution is 7.71. The maximum atomic E-state index is 11.6. The maximum Gasteiger partial charge on any atom is 0.268 e. The normalized spacial score (nSPS) is 10.2. The number of hydrogen-bond donors (Lipinski definition) is 4. The Labute approximate surface area is 103 Å². The molecule has 94 valence electrons. The van der Waals surface area contributed by atoms with E-state index in [0.717, 1.165) is 19.3 Å². The first-order chi connectivity index (χ1) is 8.06. The molecule has 7 heteroatoms. The van der Waals surface area contributed by atoms with E-state index in [9.17, 15) is 14.7 Å². The minimum absolute atomic E-state index is 0.0185. The summed E-state index contributed by atoms with van der Waals surface area (Å²) in [5.41, 5.74) is -1.03. The average Bonchev–Trinajstić information content (AvgIpc) is 2.23. The number of carbonyl (C=O) groups is 1. The molecule has 1 aromatic heterocycles. The highest BCUT2D eigenvalue weighted by Gasteiger charge is 2.15. The zero-order valence-corrected chi connectivity index (χ0v) is 10.3. The van der Waals surface area contributed by atoms with Gasteiger partial charge in [-0.25, -0.2) is 0 Å². The Morgan fingerprint density at radius 1 is 1.41 bits per heavy atom. The lowest BCUT2D eigenvalue weighted by Crippen LogP contribution is -2.30. The summed E-state index contributed by atoms with van der Waals surface area (Å²) in [4.78, 5) is 27.6. The molecule has 0 bridgehead atoms. The van der Waals surface area contributed by atoms with Gasteiger partial charge in [-0.1, -0.05) is 19.8 Å². The number of rotatable bonds is 5. The molecule has 0 aromatic carbocycles. The molecule has 0 saturated heterocycles. The van der Waals surface area contributed by atoms with Gasteiger partial charge in [0.15, 0.2) is 10.3 Å². The second-order valence-electron chi connectivity index (χ2n) is 3.59. The van der Waals surface area contributed by atoms with Gasteiger partial charge in [-0.05, 0) is 18.6 Å². The lowest BCUT2D eigenvalue weighted by Gasteiger charge is -2.05. The van der Waals surface area contributed by atoms with E-state index in [2.05, 4.69) is 34.4 Å². The van der Waals surface area contributed by atoms with Gasteiger partial charge >= 0.3 is 0 Å². The van der Waals surface area contributed by atoms with Crippen molar-refractivity contribution in [2.45, 2.75) is 26.2 Å². The highest BCUT2D eigenvalue weighted by atomic mass is 32.1. The van der Waals surface area contributed by atoms with Crippen molar-refractivity contribution in [3.05, 3.63) is 20.7 Å². The molecule has 1 aromatic rings. The summed E-state index contributed by atoms with van der Waals surface area (Å²) in [6.45, 7) is 2.52. The third kappa shape index (κ3) is 3.70. The van der Waals surface area contributed by atoms with Crippen LogP contribution in [-0.4, -0.2) is 27.5 Å². The van der Waals surface area contributed by atoms with Crippen LogP contribution < -0.4 is 10.9 Å². The average molecular weight is 257 g/mol. The van der Waals surface area contributed by atoms with Crippen molar-refractivity contribution in [3.8, 4) is 5.88 Å². The summed E-state index contributed by atoms with van der Waals surface area (Å²) in [5.74, 6) is -1.11. The van der Waals surface area contributed by atoms with Gasteiger partial charge in [0.2, 0.25) is 5.88 Å². The molecule has 0 aliphatic heterocycles. The van der Waals surface area contributed by atoms with Gasteiger partial charge < -0.3 is 15.4 Å². The summed E-state index contributed by atoms with van der Waals surface area (Å²) < 4.78 is -0.0185. The Hall–Kier alpha value is -1.63. The second-order valence-corrected chi connectivity index (χ2v) is 4.00. The molecule has 4 N–H and O–H groups in total. The van der Waals surface area contributed by atoms with Crippen molar-refractivity contribution >= 4 is 18.1 Å². The van der Waals surface area contributed by atoms with Gasteiger partial charge in [0.05, 0.1) is 0 Å². The highest BCUT2D eigenvalue weighted by Crippen LogP contribution is 2.06. The third-order valence-corrected chi connectivity index (χ3v) is 2.42. The maximum absolute atomic E-state index is 11.6. The van der Waals surface area contributed by atoms with Crippen LogP contribution >= 0.6 is 12.2 Å². The van der Waals surface area contributed by atoms with Crippen LogP contribution in [-0.2, 0) is 0 Å². The first-order valence-corrected chi connectivity index (χ1v) is 5.80. The number of amides is 1. The molecule has 0 atom stereocenters. The van der Waals surface area contributed by atoms with Gasteiger partial charge in [0.25, 0.3) is 11.5 Å². The van der Waals surface area contributed by atoms with Crippen molar-refractivity contribution in [1.82, 2.24) is 15.3 Å². The molecule has 0 unspecified atom stereocenters. The van der Waals surface area contributed by atoms with E-state index in [4.69, 9.17) is 0 Å². The van der Waals surface area contributed by atoms with Gasteiger partial charge in [-0.2, -0.15) is 0 Å². The smallest absolute Gasteiger partial charge is 0.268 e. The fraction of sp³-hybridized carbons (Fsp3) is 0.500. The van der Waals surface area contributed by atoms with E-state index < -0.39 is 17.3 Å². The number of nitrogens with one attached hydrogen (secondary N) is 3. The van der Waals surface area contributed by atoms with Gasteiger partial charge in [-0.3, -0.25) is 14.6 Å². The zero-order chi connectivity index (χ0) is 12.8. The van der Waals surface area contributed by atoms with Crippen molar-refractivity contribution in [3.63, 3.8) is 0 Å². The Morgan fingerprint density at radius 2 is 2.12 bits per heavy atom. The Morgan fingerprint density at radius 3 is 2.71 bits per heavy atom. The number of carbonyl (C=O) groups excluding carboxylic acids is 1. The van der Waals surface area contributed by atoms with Crippen molar-refractivity contribution < 1.29 is 9.90 Å².